The third-order valence-corrected chi connectivity index (χ3v) is 12.8. The van der Waals surface area contributed by atoms with Crippen molar-refractivity contribution in [2.24, 2.45) is 10.8 Å². The molecule has 2 amide bonds. The summed E-state index contributed by atoms with van der Waals surface area (Å²) in [5, 5.41) is 64.6. The first kappa shape index (κ1) is 47.9. The van der Waals surface area contributed by atoms with Crippen molar-refractivity contribution in [3.8, 4) is 17.2 Å². The molecule has 5 unspecified atom stereocenters. The van der Waals surface area contributed by atoms with Gasteiger partial charge in [-0.2, -0.15) is 5.10 Å². The van der Waals surface area contributed by atoms with Crippen molar-refractivity contribution in [1.82, 2.24) is 15.7 Å². The third kappa shape index (κ3) is 10.5. The number of Topliss-reactive ketones (excluding diaryl/α,β-unsaturated/α-hetero) is 1. The monoisotopic (exact) mass is 944 g/mol. The fourth-order valence-electron chi connectivity index (χ4n) is 7.44. The SMILES string of the molecule is COc1cccc2c1C(=O)c1c(O)c3c(c(O)c1C2=O)CC(O)(C(=O)CO)C[C@H]3OC1CC(NC(=O)OCCSSCCOC(=O)Nc2cccnc2/C=N/NC(N)=S)C(O)C(C)O1. The lowest BCUT2D eigenvalue weighted by atomic mass is 9.72. The number of rotatable bonds is 16. The summed E-state index contributed by atoms with van der Waals surface area (Å²) in [7, 11) is 4.01. The Bertz CT molecular complexity index is 2350. The number of hydrazone groups is 1. The Morgan fingerprint density at radius 1 is 1.05 bits per heavy atom. The van der Waals surface area contributed by atoms with Gasteiger partial charge in [0.1, 0.15) is 54.5 Å². The minimum atomic E-state index is -2.37. The first-order valence-corrected chi connectivity index (χ1v) is 22.4. The number of aromatic hydroxyl groups is 2. The van der Waals surface area contributed by atoms with Gasteiger partial charge in [0.2, 0.25) is 5.78 Å². The van der Waals surface area contributed by atoms with Gasteiger partial charge in [-0.15, -0.1) is 0 Å². The zero-order valence-electron chi connectivity index (χ0n) is 34.1. The minimum Gasteiger partial charge on any atom is -0.507 e. The second kappa shape index (κ2) is 20.9. The number of amides is 2. The molecule has 1 aliphatic heterocycles. The number of pyridine rings is 1. The summed E-state index contributed by atoms with van der Waals surface area (Å²) in [4.78, 5) is 69.9. The van der Waals surface area contributed by atoms with Gasteiger partial charge in [-0.3, -0.25) is 30.1 Å². The topological polar surface area (TPSA) is 320 Å². The van der Waals surface area contributed by atoms with E-state index >= 15 is 0 Å². The van der Waals surface area contributed by atoms with Crippen LogP contribution in [-0.2, 0) is 30.2 Å². The number of ketones is 3. The number of hydrogen-bond acceptors (Lipinski definition) is 20. The van der Waals surface area contributed by atoms with Gasteiger partial charge in [0, 0.05) is 53.7 Å². The number of nitrogens with zero attached hydrogens (tertiary/aromatic N) is 2. The highest BCUT2D eigenvalue weighted by Gasteiger charge is 2.50. The van der Waals surface area contributed by atoms with Crippen LogP contribution in [0.1, 0.15) is 74.5 Å². The van der Waals surface area contributed by atoms with Crippen LogP contribution in [-0.4, -0.2) is 140 Å². The van der Waals surface area contributed by atoms with Crippen LogP contribution in [0, 0.1) is 0 Å². The third-order valence-electron chi connectivity index (χ3n) is 10.4. The zero-order chi connectivity index (χ0) is 46.3. The van der Waals surface area contributed by atoms with Gasteiger partial charge in [0.15, 0.2) is 23.0 Å². The molecule has 0 spiro atoms. The van der Waals surface area contributed by atoms with Crippen LogP contribution >= 0.6 is 33.8 Å². The van der Waals surface area contributed by atoms with Crippen molar-refractivity contribution in [2.45, 2.75) is 62.4 Å². The molecule has 2 heterocycles. The second-order valence-electron chi connectivity index (χ2n) is 14.5. The second-order valence-corrected chi connectivity index (χ2v) is 17.6. The number of ether oxygens (including phenoxy) is 5. The Morgan fingerprint density at radius 2 is 1.75 bits per heavy atom. The molecule has 2 aliphatic carbocycles. The van der Waals surface area contributed by atoms with E-state index < -0.39 is 108 Å². The molecule has 0 bridgehead atoms. The standard InChI is InChI=1S/C40H44N6O15S3/c1-18-32(49)22(45-39(55)59-10-12-64-63-11-9-58-38(54)44-21-6-4-8-42-23(21)16-43-46-37(41)62)13-27(60-18)61-25-15-40(56,26(48)17-47)14-20-29(25)36(53)31-30(34(20)51)33(50)19-5-3-7-24(57-2)28(19)35(31)52/h3-8,16,18,22,25,27,32,47,49,51,53,56H,9-15,17H2,1-2H3,(H,44,54)(H,45,55)(H3,41,46,62)/b43-16+/t18?,22?,25-,27?,32?,40?/m1/s1. The summed E-state index contributed by atoms with van der Waals surface area (Å²) >= 11 is 4.69. The molecule has 64 heavy (non-hydrogen) atoms. The number of aromatic nitrogens is 1. The number of phenolic OH excluding ortho intramolecular Hbond substituents is 2. The van der Waals surface area contributed by atoms with Crippen LogP contribution in [0.3, 0.4) is 0 Å². The van der Waals surface area contributed by atoms with Gasteiger partial charge in [-0.25, -0.2) is 9.59 Å². The Labute approximate surface area is 377 Å². The van der Waals surface area contributed by atoms with Crippen LogP contribution in [0.4, 0.5) is 15.3 Å². The van der Waals surface area contributed by atoms with Gasteiger partial charge >= 0.3 is 12.2 Å². The molecule has 1 fully saturated rings. The van der Waals surface area contributed by atoms with E-state index in [0.717, 1.165) is 0 Å². The quantitative estimate of drug-likeness (QED) is 0.0194. The van der Waals surface area contributed by atoms with Crippen molar-refractivity contribution in [1.29, 1.82) is 0 Å². The average molecular weight is 945 g/mol. The molecule has 342 valence electrons. The number of fused-ring (bicyclic) bond motifs is 3. The number of aliphatic hydroxyl groups is 3. The Morgan fingerprint density at radius 3 is 2.44 bits per heavy atom. The average Bonchev–Trinajstić information content (AvgIpc) is 3.26. The van der Waals surface area contributed by atoms with Crippen molar-refractivity contribution in [3.05, 3.63) is 75.6 Å². The molecule has 0 saturated carbocycles. The van der Waals surface area contributed by atoms with Gasteiger partial charge in [-0.05, 0) is 37.3 Å². The molecule has 24 heteroatoms. The molecule has 6 rings (SSSR count). The molecule has 1 aromatic heterocycles. The van der Waals surface area contributed by atoms with E-state index in [2.05, 4.69) is 38.4 Å². The molecular formula is C40H44N6O15S3. The summed E-state index contributed by atoms with van der Waals surface area (Å²) in [5.41, 5.74) is 4.21. The molecule has 1 saturated heterocycles. The maximum Gasteiger partial charge on any atom is 0.411 e. The van der Waals surface area contributed by atoms with Crippen LogP contribution in [0.2, 0.25) is 0 Å². The molecule has 2 aromatic carbocycles. The zero-order valence-corrected chi connectivity index (χ0v) is 36.5. The van der Waals surface area contributed by atoms with Crippen LogP contribution in [0.5, 0.6) is 17.2 Å². The van der Waals surface area contributed by atoms with Gasteiger partial charge < -0.3 is 60.3 Å². The number of nitrogens with two attached hydrogens (primary N) is 1. The lowest BCUT2D eigenvalue weighted by Crippen LogP contribution is -2.56. The molecule has 6 atom stereocenters. The molecule has 3 aliphatic rings. The van der Waals surface area contributed by atoms with Crippen LogP contribution < -0.4 is 26.5 Å². The summed E-state index contributed by atoms with van der Waals surface area (Å²) < 4.78 is 27.9. The van der Waals surface area contributed by atoms with E-state index in [9.17, 15) is 49.5 Å². The first-order valence-electron chi connectivity index (χ1n) is 19.5. The number of alkyl carbamates (subject to hydrolysis) is 1. The number of carbonyl (C=O) groups is 5. The number of hydrogen-bond donors (Lipinski definition) is 9. The highest BCUT2D eigenvalue weighted by Crippen LogP contribution is 2.52. The summed E-state index contributed by atoms with van der Waals surface area (Å²) in [6.07, 6.45) is -5.24. The molecule has 21 nitrogen and oxygen atoms in total. The fraction of sp³-hybridized carbons (Fsp3) is 0.400. The first-order chi connectivity index (χ1) is 30.6. The number of phenols is 2. The van der Waals surface area contributed by atoms with E-state index in [1.807, 2.05) is 0 Å². The molecule has 0 radical (unpaired) electrons. The van der Waals surface area contributed by atoms with E-state index in [1.165, 1.54) is 66.2 Å². The van der Waals surface area contributed by atoms with Crippen LogP contribution in [0.25, 0.3) is 0 Å². The van der Waals surface area contributed by atoms with Crippen molar-refractivity contribution >= 4 is 80.4 Å². The van der Waals surface area contributed by atoms with Crippen molar-refractivity contribution < 1.29 is 73.2 Å². The molecule has 3 aromatic rings. The summed E-state index contributed by atoms with van der Waals surface area (Å²) in [5.74, 6) is -3.43. The Balaban J connectivity index is 1.04. The van der Waals surface area contributed by atoms with E-state index in [0.29, 0.717) is 22.9 Å². The predicted molar refractivity (Wildman–Crippen MR) is 234 cm³/mol. The lowest BCUT2D eigenvalue weighted by Gasteiger charge is -2.42. The number of nitrogens with one attached hydrogen (secondary N) is 3. The highest BCUT2D eigenvalue weighted by molar-refractivity contribution is 8.76. The highest BCUT2D eigenvalue weighted by atomic mass is 33.1. The largest absolute Gasteiger partial charge is 0.507 e. The molecule has 10 N–H and O–H groups in total. The van der Waals surface area contributed by atoms with Gasteiger partial charge in [0.25, 0.3) is 0 Å². The Hall–Kier alpha value is -5.60. The summed E-state index contributed by atoms with van der Waals surface area (Å²) in [6.45, 7) is 0.435. The van der Waals surface area contributed by atoms with E-state index in [1.54, 1.807) is 12.1 Å². The van der Waals surface area contributed by atoms with Gasteiger partial charge in [-0.1, -0.05) is 33.7 Å². The van der Waals surface area contributed by atoms with E-state index in [-0.39, 0.29) is 52.8 Å². The van der Waals surface area contributed by atoms with Gasteiger partial charge in [0.05, 0.1) is 54.0 Å². The van der Waals surface area contributed by atoms with Crippen LogP contribution in [0.15, 0.2) is 41.6 Å². The Kier molecular flexibility index (Phi) is 15.7. The minimum absolute atomic E-state index is 0.0320. The van der Waals surface area contributed by atoms with E-state index in [4.69, 9.17) is 29.4 Å². The number of thiocarbonyl (C=S) groups is 1. The van der Waals surface area contributed by atoms with Crippen molar-refractivity contribution in [3.63, 3.8) is 0 Å². The number of anilines is 1. The number of benzene rings is 2. The maximum absolute atomic E-state index is 14.0. The number of carbonyl (C=O) groups excluding carboxylic acids is 5. The maximum atomic E-state index is 14.0. The predicted octanol–water partition coefficient (Wildman–Crippen LogP) is 1.96. The van der Waals surface area contributed by atoms with Crippen molar-refractivity contribution in [2.75, 3.05) is 43.8 Å². The summed E-state index contributed by atoms with van der Waals surface area (Å²) in [6, 6.07) is 6.48. The fourth-order valence-corrected chi connectivity index (χ4v) is 9.14. The number of aliphatic hydroxyl groups excluding tert-OH is 2. The molecular weight excluding hydrogens is 901 g/mol. The normalized spacial score (nSPS) is 22.4. The smallest absolute Gasteiger partial charge is 0.411 e. The number of methoxy groups -OCH3 is 1. The lowest BCUT2D eigenvalue weighted by molar-refractivity contribution is -0.249.